The van der Waals surface area contributed by atoms with E-state index in [0.29, 0.717) is 12.6 Å². The van der Waals surface area contributed by atoms with Gasteiger partial charge in [-0.05, 0) is 69.0 Å². The molecule has 1 heterocycles. The van der Waals surface area contributed by atoms with Gasteiger partial charge in [-0.25, -0.2) is 0 Å². The third kappa shape index (κ3) is 5.36. The van der Waals surface area contributed by atoms with Gasteiger partial charge in [0.05, 0.1) is 10.3 Å². The van der Waals surface area contributed by atoms with Gasteiger partial charge in [0, 0.05) is 30.4 Å². The van der Waals surface area contributed by atoms with Crippen LogP contribution < -0.4 is 10.1 Å². The lowest BCUT2D eigenvalue weighted by atomic mass is 9.78. The summed E-state index contributed by atoms with van der Waals surface area (Å²) in [7, 11) is 0. The number of hydrogen-bond acceptors (Lipinski definition) is 5. The average Bonchev–Trinajstić information content (AvgIpc) is 3.33. The van der Waals surface area contributed by atoms with Crippen LogP contribution in [0, 0.1) is 10.1 Å². The van der Waals surface area contributed by atoms with E-state index >= 15 is 0 Å². The van der Waals surface area contributed by atoms with Gasteiger partial charge in [0.2, 0.25) is 5.91 Å². The number of piperidine rings is 1. The summed E-state index contributed by atoms with van der Waals surface area (Å²) in [4.78, 5) is 26.4. The van der Waals surface area contributed by atoms with E-state index in [-0.39, 0.29) is 11.6 Å². The van der Waals surface area contributed by atoms with Gasteiger partial charge in [0.15, 0.2) is 0 Å². The molecular weight excluding hydrogens is 418 g/mol. The van der Waals surface area contributed by atoms with Crippen molar-refractivity contribution < 1.29 is 14.5 Å². The molecule has 1 amide bonds. The standard InChI is InChI=1S/C26H33N3O4/c1-20-6-2-5-17-28(20)18-19-33-24-13-9-22(10-14-24)27-25(30)26(15-3-4-16-26)21-7-11-23(12-8-21)29(31)32/h7-14,20H,2-6,15-19H2,1H3,(H,27,30)/t20-/m1/s1. The molecule has 1 N–H and O–H groups in total. The number of rotatable bonds is 8. The Balaban J connectivity index is 1.36. The van der Waals surface area contributed by atoms with E-state index in [1.165, 1.54) is 31.4 Å². The maximum atomic E-state index is 13.3. The van der Waals surface area contributed by atoms with Crippen molar-refractivity contribution in [3.05, 3.63) is 64.2 Å². The lowest BCUT2D eigenvalue weighted by Gasteiger charge is -2.33. The molecule has 0 aromatic heterocycles. The molecule has 1 aliphatic heterocycles. The number of nitrogens with one attached hydrogen (secondary N) is 1. The molecule has 2 fully saturated rings. The Bertz CT molecular complexity index is 953. The number of carbonyl (C=O) groups is 1. The largest absolute Gasteiger partial charge is 0.492 e. The minimum absolute atomic E-state index is 0.0395. The predicted octanol–water partition coefficient (Wildman–Crippen LogP) is 5.30. The van der Waals surface area contributed by atoms with Gasteiger partial charge in [-0.3, -0.25) is 19.8 Å². The van der Waals surface area contributed by atoms with E-state index in [0.717, 1.165) is 55.8 Å². The fourth-order valence-corrected chi connectivity index (χ4v) is 5.18. The molecule has 0 spiro atoms. The molecule has 1 saturated heterocycles. The molecule has 1 atom stereocenters. The molecule has 2 aromatic carbocycles. The maximum absolute atomic E-state index is 13.3. The maximum Gasteiger partial charge on any atom is 0.269 e. The Morgan fingerprint density at radius 2 is 1.79 bits per heavy atom. The highest BCUT2D eigenvalue weighted by atomic mass is 16.6. The SMILES string of the molecule is C[C@@H]1CCCCN1CCOc1ccc(NC(=O)C2(c3ccc([N+](=O)[O-])cc3)CCCC2)cc1. The minimum Gasteiger partial charge on any atom is -0.492 e. The Kier molecular flexibility index (Phi) is 7.28. The molecule has 2 aliphatic rings. The molecule has 0 radical (unpaired) electrons. The monoisotopic (exact) mass is 451 g/mol. The first-order chi connectivity index (χ1) is 16.0. The van der Waals surface area contributed by atoms with Crippen LogP contribution in [0.5, 0.6) is 5.75 Å². The zero-order chi connectivity index (χ0) is 23.3. The number of nitro groups is 1. The number of hydrogen-bond donors (Lipinski definition) is 1. The molecule has 7 heteroatoms. The number of anilines is 1. The molecule has 33 heavy (non-hydrogen) atoms. The molecular formula is C26H33N3O4. The summed E-state index contributed by atoms with van der Waals surface area (Å²) in [5.41, 5.74) is 0.966. The Morgan fingerprint density at radius 1 is 1.09 bits per heavy atom. The summed E-state index contributed by atoms with van der Waals surface area (Å²) in [6, 6.07) is 14.6. The second-order valence-corrected chi connectivity index (χ2v) is 9.30. The van der Waals surface area contributed by atoms with E-state index in [2.05, 4.69) is 17.1 Å². The molecule has 1 saturated carbocycles. The van der Waals surface area contributed by atoms with Gasteiger partial charge >= 0.3 is 0 Å². The highest BCUT2D eigenvalue weighted by molar-refractivity contribution is 5.99. The zero-order valence-corrected chi connectivity index (χ0v) is 19.3. The third-order valence-corrected chi connectivity index (χ3v) is 7.22. The van der Waals surface area contributed by atoms with E-state index in [9.17, 15) is 14.9 Å². The van der Waals surface area contributed by atoms with E-state index < -0.39 is 10.3 Å². The summed E-state index contributed by atoms with van der Waals surface area (Å²) in [5, 5.41) is 14.1. The Hall–Kier alpha value is -2.93. The number of nitrogens with zero attached hydrogens (tertiary/aromatic N) is 2. The highest BCUT2D eigenvalue weighted by Gasteiger charge is 2.42. The summed E-state index contributed by atoms with van der Waals surface area (Å²) >= 11 is 0. The average molecular weight is 452 g/mol. The molecule has 176 valence electrons. The first kappa shape index (κ1) is 23.2. The summed E-state index contributed by atoms with van der Waals surface area (Å²) < 4.78 is 5.93. The van der Waals surface area contributed by atoms with Crippen molar-refractivity contribution in [3.63, 3.8) is 0 Å². The number of amides is 1. The van der Waals surface area contributed by atoms with Crippen molar-refractivity contribution in [2.75, 3.05) is 25.0 Å². The fraction of sp³-hybridized carbons (Fsp3) is 0.500. The highest BCUT2D eigenvalue weighted by Crippen LogP contribution is 2.42. The van der Waals surface area contributed by atoms with Gasteiger partial charge in [0.25, 0.3) is 5.69 Å². The van der Waals surface area contributed by atoms with Crippen molar-refractivity contribution >= 4 is 17.3 Å². The van der Waals surface area contributed by atoms with E-state index in [1.54, 1.807) is 12.1 Å². The molecule has 4 rings (SSSR count). The number of benzene rings is 2. The Morgan fingerprint density at radius 3 is 2.42 bits per heavy atom. The molecule has 2 aromatic rings. The van der Waals surface area contributed by atoms with Crippen LogP contribution in [0.25, 0.3) is 0 Å². The van der Waals surface area contributed by atoms with Crippen molar-refractivity contribution in [3.8, 4) is 5.75 Å². The quantitative estimate of drug-likeness (QED) is 0.435. The fourth-order valence-electron chi connectivity index (χ4n) is 5.18. The normalized spacial score (nSPS) is 20.3. The van der Waals surface area contributed by atoms with Gasteiger partial charge in [-0.2, -0.15) is 0 Å². The van der Waals surface area contributed by atoms with Crippen LogP contribution in [-0.2, 0) is 10.2 Å². The second-order valence-electron chi connectivity index (χ2n) is 9.30. The molecule has 0 bridgehead atoms. The van der Waals surface area contributed by atoms with Gasteiger partial charge in [-0.15, -0.1) is 0 Å². The molecule has 0 unspecified atom stereocenters. The first-order valence-electron chi connectivity index (χ1n) is 12.0. The van der Waals surface area contributed by atoms with Gasteiger partial charge < -0.3 is 10.1 Å². The van der Waals surface area contributed by atoms with E-state index in [1.807, 2.05) is 24.3 Å². The van der Waals surface area contributed by atoms with Crippen LogP contribution in [0.15, 0.2) is 48.5 Å². The number of likely N-dealkylation sites (tertiary alicyclic amines) is 1. The topological polar surface area (TPSA) is 84.7 Å². The third-order valence-electron chi connectivity index (χ3n) is 7.22. The zero-order valence-electron chi connectivity index (χ0n) is 19.3. The van der Waals surface area contributed by atoms with Crippen LogP contribution in [0.2, 0.25) is 0 Å². The van der Waals surface area contributed by atoms with Crippen molar-refractivity contribution in [1.82, 2.24) is 4.90 Å². The summed E-state index contributed by atoms with van der Waals surface area (Å²) in [6.45, 7) is 5.01. The summed E-state index contributed by atoms with van der Waals surface area (Å²) in [5.74, 6) is 0.741. The predicted molar refractivity (Wildman–Crippen MR) is 129 cm³/mol. The molecule has 7 nitrogen and oxygen atoms in total. The van der Waals surface area contributed by atoms with Crippen LogP contribution in [-0.4, -0.2) is 41.5 Å². The van der Waals surface area contributed by atoms with Crippen LogP contribution in [0.3, 0.4) is 0 Å². The van der Waals surface area contributed by atoms with Crippen LogP contribution >= 0.6 is 0 Å². The minimum atomic E-state index is -0.643. The van der Waals surface area contributed by atoms with Crippen molar-refractivity contribution in [2.24, 2.45) is 0 Å². The summed E-state index contributed by atoms with van der Waals surface area (Å²) in [6.07, 6.45) is 7.26. The van der Waals surface area contributed by atoms with Crippen molar-refractivity contribution in [2.45, 2.75) is 63.3 Å². The number of ether oxygens (including phenoxy) is 1. The van der Waals surface area contributed by atoms with Crippen LogP contribution in [0.1, 0.15) is 57.4 Å². The van der Waals surface area contributed by atoms with E-state index in [4.69, 9.17) is 4.74 Å². The number of carbonyl (C=O) groups excluding carboxylic acids is 1. The van der Waals surface area contributed by atoms with Crippen molar-refractivity contribution in [1.29, 1.82) is 0 Å². The number of non-ortho nitro benzene ring substituents is 1. The van der Waals surface area contributed by atoms with Gasteiger partial charge in [0.1, 0.15) is 12.4 Å². The smallest absolute Gasteiger partial charge is 0.269 e. The second kappa shape index (κ2) is 10.3. The Labute approximate surface area is 195 Å². The van der Waals surface area contributed by atoms with Crippen LogP contribution in [0.4, 0.5) is 11.4 Å². The number of nitro benzene ring substituents is 1. The first-order valence-corrected chi connectivity index (χ1v) is 12.0. The lowest BCUT2D eigenvalue weighted by Crippen LogP contribution is -2.39. The lowest BCUT2D eigenvalue weighted by molar-refractivity contribution is -0.384. The van der Waals surface area contributed by atoms with Gasteiger partial charge in [-0.1, -0.05) is 31.4 Å². The molecule has 1 aliphatic carbocycles.